The van der Waals surface area contributed by atoms with E-state index in [0.29, 0.717) is 11.6 Å². The van der Waals surface area contributed by atoms with E-state index in [1.165, 1.54) is 11.1 Å². The third-order valence-electron chi connectivity index (χ3n) is 4.83. The minimum absolute atomic E-state index is 0.267. The second kappa shape index (κ2) is 8.11. The number of anilines is 2. The van der Waals surface area contributed by atoms with Gasteiger partial charge in [0.05, 0.1) is 23.6 Å². The molecule has 3 aromatic heterocycles. The summed E-state index contributed by atoms with van der Waals surface area (Å²) in [6, 6.07) is 9.92. The summed E-state index contributed by atoms with van der Waals surface area (Å²) in [5, 5.41) is 12.0. The maximum atomic E-state index is 8.86. The maximum absolute atomic E-state index is 8.86. The van der Waals surface area contributed by atoms with Crippen molar-refractivity contribution in [1.82, 2.24) is 24.8 Å². The van der Waals surface area contributed by atoms with Gasteiger partial charge in [-0.1, -0.05) is 6.07 Å². The number of aromatic nitrogens is 4. The fourth-order valence-corrected chi connectivity index (χ4v) is 3.57. The van der Waals surface area contributed by atoms with E-state index >= 15 is 0 Å². The molecule has 0 bridgehead atoms. The Hall–Kier alpha value is -3.37. The lowest BCUT2D eigenvalue weighted by Gasteiger charge is -2.24. The van der Waals surface area contributed by atoms with Gasteiger partial charge in [0.25, 0.3) is 0 Å². The highest BCUT2D eigenvalue weighted by Gasteiger charge is 2.27. The lowest BCUT2D eigenvalue weighted by molar-refractivity contribution is 0.244. The lowest BCUT2D eigenvalue weighted by Crippen LogP contribution is -2.23. The van der Waals surface area contributed by atoms with Crippen molar-refractivity contribution in [2.24, 2.45) is 0 Å². The number of nitrogens with one attached hydrogen (secondary N) is 1. The van der Waals surface area contributed by atoms with Gasteiger partial charge in [0.1, 0.15) is 11.8 Å². The first-order chi connectivity index (χ1) is 13.7. The Balaban J connectivity index is 1.50. The highest BCUT2D eigenvalue weighted by molar-refractivity contribution is 5.52. The normalized spacial score (nSPS) is 16.6. The van der Waals surface area contributed by atoms with Crippen LogP contribution in [0, 0.1) is 18.3 Å². The summed E-state index contributed by atoms with van der Waals surface area (Å²) in [5.74, 6) is 0.535. The summed E-state index contributed by atoms with van der Waals surface area (Å²) in [4.78, 5) is 19.9. The first-order valence-electron chi connectivity index (χ1n) is 9.32. The molecule has 0 aliphatic carbocycles. The highest BCUT2D eigenvalue weighted by Crippen LogP contribution is 2.32. The zero-order valence-corrected chi connectivity index (χ0v) is 15.7. The van der Waals surface area contributed by atoms with E-state index in [4.69, 9.17) is 10.2 Å². The topological polar surface area (TPSA) is 90.6 Å². The number of hydrogen-bond donors (Lipinski definition) is 1. The molecule has 1 aliphatic rings. The van der Waals surface area contributed by atoms with E-state index in [0.717, 1.165) is 37.3 Å². The fraction of sp³-hybridized carbons (Fsp3) is 0.286. The number of nitrogens with zero attached hydrogens (tertiary/aromatic N) is 6. The van der Waals surface area contributed by atoms with Crippen molar-refractivity contribution in [2.45, 2.75) is 32.4 Å². The lowest BCUT2D eigenvalue weighted by atomic mass is 10.1. The largest absolute Gasteiger partial charge is 0.323 e. The van der Waals surface area contributed by atoms with Gasteiger partial charge in [-0.15, -0.1) is 0 Å². The Morgan fingerprint density at radius 2 is 2.14 bits per heavy atom. The zero-order valence-electron chi connectivity index (χ0n) is 15.7. The number of aryl methyl sites for hydroxylation is 1. The van der Waals surface area contributed by atoms with Crippen LogP contribution < -0.4 is 5.32 Å². The first-order valence-corrected chi connectivity index (χ1v) is 9.32. The van der Waals surface area contributed by atoms with Crippen molar-refractivity contribution in [3.63, 3.8) is 0 Å². The van der Waals surface area contributed by atoms with Crippen LogP contribution in [0.1, 0.15) is 41.4 Å². The van der Waals surface area contributed by atoms with Crippen molar-refractivity contribution in [3.8, 4) is 6.07 Å². The average molecular weight is 371 g/mol. The van der Waals surface area contributed by atoms with E-state index in [9.17, 15) is 0 Å². The van der Waals surface area contributed by atoms with Crippen molar-refractivity contribution in [2.75, 3.05) is 11.9 Å². The number of pyridine rings is 2. The van der Waals surface area contributed by atoms with E-state index in [1.54, 1.807) is 24.5 Å². The monoisotopic (exact) mass is 371 g/mol. The van der Waals surface area contributed by atoms with Crippen LogP contribution in [0.4, 0.5) is 11.6 Å². The second-order valence-electron chi connectivity index (χ2n) is 6.97. The number of rotatable bonds is 5. The van der Waals surface area contributed by atoms with E-state index in [2.05, 4.69) is 38.2 Å². The zero-order chi connectivity index (χ0) is 19.3. The molecule has 1 fully saturated rings. The predicted molar refractivity (Wildman–Crippen MR) is 106 cm³/mol. The molecule has 4 heterocycles. The van der Waals surface area contributed by atoms with Crippen molar-refractivity contribution in [1.29, 1.82) is 5.26 Å². The molecule has 28 heavy (non-hydrogen) atoms. The number of hydrogen-bond acceptors (Lipinski definition) is 7. The molecule has 7 heteroatoms. The van der Waals surface area contributed by atoms with Crippen LogP contribution in [0.15, 0.2) is 49.1 Å². The Morgan fingerprint density at radius 3 is 2.93 bits per heavy atom. The molecule has 0 unspecified atom stereocenters. The minimum atomic E-state index is 0.267. The molecule has 0 aromatic carbocycles. The van der Waals surface area contributed by atoms with Crippen molar-refractivity contribution in [3.05, 3.63) is 71.6 Å². The van der Waals surface area contributed by atoms with E-state index in [-0.39, 0.29) is 6.04 Å². The molecule has 1 saturated heterocycles. The van der Waals surface area contributed by atoms with E-state index < -0.39 is 0 Å². The van der Waals surface area contributed by atoms with Gasteiger partial charge in [0.15, 0.2) is 0 Å². The Kier molecular flexibility index (Phi) is 5.22. The van der Waals surface area contributed by atoms with Crippen LogP contribution in [0.3, 0.4) is 0 Å². The third kappa shape index (κ3) is 4.13. The SMILES string of the molecule is Cc1cncc(CN2CCC[C@H]2c2ccnc(Nc3ccc(C#N)nc3)n2)c1. The molecule has 1 N–H and O–H groups in total. The van der Waals surface area contributed by atoms with Gasteiger partial charge in [0, 0.05) is 25.1 Å². The maximum Gasteiger partial charge on any atom is 0.227 e. The van der Waals surface area contributed by atoms with Crippen LogP contribution >= 0.6 is 0 Å². The average Bonchev–Trinajstić information content (AvgIpc) is 3.17. The molecule has 140 valence electrons. The first kappa shape index (κ1) is 18.0. The van der Waals surface area contributed by atoms with Crippen molar-refractivity contribution < 1.29 is 0 Å². The van der Waals surface area contributed by atoms with Gasteiger partial charge in [-0.05, 0) is 55.6 Å². The molecule has 7 nitrogen and oxygen atoms in total. The van der Waals surface area contributed by atoms with Gasteiger partial charge in [-0.2, -0.15) is 5.26 Å². The van der Waals surface area contributed by atoms with Gasteiger partial charge >= 0.3 is 0 Å². The summed E-state index contributed by atoms with van der Waals surface area (Å²) in [5.41, 5.74) is 4.55. The quantitative estimate of drug-likeness (QED) is 0.733. The van der Waals surface area contributed by atoms with Gasteiger partial charge in [-0.25, -0.2) is 15.0 Å². The molecule has 1 atom stereocenters. The number of likely N-dealkylation sites (tertiary alicyclic amines) is 1. The van der Waals surface area contributed by atoms with Crippen LogP contribution in [0.2, 0.25) is 0 Å². The van der Waals surface area contributed by atoms with Crippen molar-refractivity contribution >= 4 is 11.6 Å². The fourth-order valence-electron chi connectivity index (χ4n) is 3.57. The summed E-state index contributed by atoms with van der Waals surface area (Å²) in [6.45, 7) is 3.98. The molecule has 0 amide bonds. The van der Waals surface area contributed by atoms with Gasteiger partial charge in [-0.3, -0.25) is 9.88 Å². The second-order valence-corrected chi connectivity index (χ2v) is 6.97. The molecule has 4 rings (SSSR count). The predicted octanol–water partition coefficient (Wildman–Crippen LogP) is 3.53. The van der Waals surface area contributed by atoms with Crippen LogP contribution in [0.25, 0.3) is 0 Å². The summed E-state index contributed by atoms with van der Waals surface area (Å²) in [7, 11) is 0. The summed E-state index contributed by atoms with van der Waals surface area (Å²) < 4.78 is 0. The molecular formula is C21H21N7. The molecule has 1 aliphatic heterocycles. The Morgan fingerprint density at radius 1 is 1.21 bits per heavy atom. The standard InChI is InChI=1S/C21H21N7/c1-15-9-16(12-23-11-15)14-28-8-2-3-20(28)19-6-7-24-21(27-19)26-18-5-4-17(10-22)25-13-18/h4-7,9,11-13,20H,2-3,8,14H2,1H3,(H,24,26,27)/t20-/m0/s1. The molecule has 3 aromatic rings. The smallest absolute Gasteiger partial charge is 0.227 e. The molecular weight excluding hydrogens is 350 g/mol. The van der Waals surface area contributed by atoms with E-state index in [1.807, 2.05) is 24.5 Å². The Labute approximate surface area is 164 Å². The summed E-state index contributed by atoms with van der Waals surface area (Å²) in [6.07, 6.45) is 9.44. The molecule has 0 saturated carbocycles. The molecule has 0 spiro atoms. The Bertz CT molecular complexity index is 994. The number of nitriles is 1. The van der Waals surface area contributed by atoms with Crippen LogP contribution in [-0.4, -0.2) is 31.4 Å². The van der Waals surface area contributed by atoms with Crippen LogP contribution in [-0.2, 0) is 6.54 Å². The highest BCUT2D eigenvalue weighted by atomic mass is 15.2. The van der Waals surface area contributed by atoms with Crippen LogP contribution in [0.5, 0.6) is 0 Å². The minimum Gasteiger partial charge on any atom is -0.323 e. The third-order valence-corrected chi connectivity index (χ3v) is 4.83. The summed E-state index contributed by atoms with van der Waals surface area (Å²) >= 11 is 0. The van der Waals surface area contributed by atoms with Gasteiger partial charge < -0.3 is 5.32 Å². The van der Waals surface area contributed by atoms with Gasteiger partial charge in [0.2, 0.25) is 5.95 Å². The molecule has 0 radical (unpaired) electrons.